The molecule has 0 saturated heterocycles. The van der Waals surface area contributed by atoms with Crippen LogP contribution in [0.2, 0.25) is 0 Å². The molecule has 0 spiro atoms. The van der Waals surface area contributed by atoms with E-state index in [4.69, 9.17) is 9.84 Å². The highest BCUT2D eigenvalue weighted by Gasteiger charge is 2.01. The summed E-state index contributed by atoms with van der Waals surface area (Å²) in [5.74, 6) is -1.24. The number of carbonyl (C=O) groups excluding carboxylic acids is 1. The predicted molar refractivity (Wildman–Crippen MR) is 66.5 cm³/mol. The third-order valence-corrected chi connectivity index (χ3v) is 1.53. The smallest absolute Gasteiger partial charge is 0.334 e. The molecular formula is C12H21NO4. The van der Waals surface area contributed by atoms with Gasteiger partial charge >= 0.3 is 11.9 Å². The van der Waals surface area contributed by atoms with Crippen LogP contribution in [-0.4, -0.2) is 42.8 Å². The molecule has 1 N–H and O–H groups in total. The second-order valence-corrected chi connectivity index (χ2v) is 3.68. The molecule has 5 heteroatoms. The van der Waals surface area contributed by atoms with Crippen LogP contribution in [0.15, 0.2) is 24.3 Å². The van der Waals surface area contributed by atoms with Crippen molar-refractivity contribution in [1.82, 2.24) is 4.90 Å². The third kappa shape index (κ3) is 12.3. The van der Waals surface area contributed by atoms with Crippen molar-refractivity contribution in [3.63, 3.8) is 0 Å². The summed E-state index contributed by atoms with van der Waals surface area (Å²) in [7, 11) is 3.65. The number of carboxylic acids is 1. The Bertz CT molecular complexity index is 295. The van der Waals surface area contributed by atoms with Gasteiger partial charge in [0.15, 0.2) is 0 Å². The van der Waals surface area contributed by atoms with Crippen molar-refractivity contribution < 1.29 is 19.4 Å². The van der Waals surface area contributed by atoms with Gasteiger partial charge in [0.05, 0.1) is 0 Å². The molecule has 0 aromatic carbocycles. The zero-order valence-corrected chi connectivity index (χ0v) is 10.9. The van der Waals surface area contributed by atoms with Gasteiger partial charge in [-0.05, 0) is 27.4 Å². The molecule has 0 aromatic rings. The first-order valence-corrected chi connectivity index (χ1v) is 5.10. The minimum Gasteiger partial charge on any atom is -0.478 e. The van der Waals surface area contributed by atoms with Gasteiger partial charge in [0.25, 0.3) is 0 Å². The standard InChI is InChI=1S/C7H13NO2.C5H8O2/c1-6(2)7(9)10-5-8(3)4;1-3-4(2)5(6)7/h1,5H2,2-4H3;2-3H2,1H3,(H,6,7). The third-order valence-electron chi connectivity index (χ3n) is 1.53. The van der Waals surface area contributed by atoms with Crippen LogP contribution in [0.5, 0.6) is 0 Å². The van der Waals surface area contributed by atoms with Gasteiger partial charge in [0.1, 0.15) is 6.73 Å². The summed E-state index contributed by atoms with van der Waals surface area (Å²) in [6, 6.07) is 0. The van der Waals surface area contributed by atoms with E-state index in [0.717, 1.165) is 0 Å². The van der Waals surface area contributed by atoms with Crippen LogP contribution in [-0.2, 0) is 14.3 Å². The SMILES string of the molecule is C=C(C)C(=O)OCN(C)C.C=C(CC)C(=O)O. The summed E-state index contributed by atoms with van der Waals surface area (Å²) in [6.45, 7) is 10.4. The van der Waals surface area contributed by atoms with E-state index in [9.17, 15) is 9.59 Å². The first kappa shape index (κ1) is 17.8. The summed E-state index contributed by atoms with van der Waals surface area (Å²) in [5.41, 5.74) is 0.696. The Kier molecular flexibility index (Phi) is 10.0. The molecule has 5 nitrogen and oxygen atoms in total. The number of rotatable bonds is 5. The maximum absolute atomic E-state index is 10.7. The zero-order chi connectivity index (χ0) is 14.0. The van der Waals surface area contributed by atoms with E-state index in [0.29, 0.717) is 18.7 Å². The van der Waals surface area contributed by atoms with E-state index in [1.807, 2.05) is 14.1 Å². The molecule has 0 radical (unpaired) electrons. The number of nitrogens with zero attached hydrogens (tertiary/aromatic N) is 1. The molecule has 0 aliphatic heterocycles. The van der Waals surface area contributed by atoms with Crippen molar-refractivity contribution in [1.29, 1.82) is 0 Å². The largest absolute Gasteiger partial charge is 0.478 e. The second-order valence-electron chi connectivity index (χ2n) is 3.68. The van der Waals surface area contributed by atoms with Gasteiger partial charge < -0.3 is 9.84 Å². The van der Waals surface area contributed by atoms with Crippen LogP contribution < -0.4 is 0 Å². The van der Waals surface area contributed by atoms with Crippen molar-refractivity contribution in [3.8, 4) is 0 Å². The molecule has 17 heavy (non-hydrogen) atoms. The molecular weight excluding hydrogens is 222 g/mol. The molecule has 0 bridgehead atoms. The fraction of sp³-hybridized carbons (Fsp3) is 0.500. The van der Waals surface area contributed by atoms with E-state index in [1.54, 1.807) is 18.7 Å². The summed E-state index contributed by atoms with van der Waals surface area (Å²) >= 11 is 0. The average molecular weight is 243 g/mol. The monoisotopic (exact) mass is 243 g/mol. The van der Waals surface area contributed by atoms with Gasteiger partial charge in [-0.1, -0.05) is 20.1 Å². The van der Waals surface area contributed by atoms with Crippen LogP contribution in [0.4, 0.5) is 0 Å². The molecule has 0 rings (SSSR count). The summed E-state index contributed by atoms with van der Waals surface area (Å²) in [5, 5.41) is 8.08. The Morgan fingerprint density at radius 3 is 1.94 bits per heavy atom. The quantitative estimate of drug-likeness (QED) is 0.452. The molecule has 0 amide bonds. The van der Waals surface area contributed by atoms with Crippen LogP contribution in [0.3, 0.4) is 0 Å². The molecule has 0 atom stereocenters. The molecule has 0 fully saturated rings. The number of ether oxygens (including phenoxy) is 1. The van der Waals surface area contributed by atoms with E-state index in [1.165, 1.54) is 0 Å². The lowest BCUT2D eigenvalue weighted by molar-refractivity contribution is -0.142. The van der Waals surface area contributed by atoms with E-state index in [-0.39, 0.29) is 11.5 Å². The zero-order valence-electron chi connectivity index (χ0n) is 10.9. The van der Waals surface area contributed by atoms with E-state index in [2.05, 4.69) is 13.2 Å². The molecule has 0 aliphatic carbocycles. The molecule has 0 aliphatic rings. The van der Waals surface area contributed by atoms with Crippen molar-refractivity contribution in [2.75, 3.05) is 20.8 Å². The topological polar surface area (TPSA) is 66.8 Å². The van der Waals surface area contributed by atoms with Gasteiger partial charge in [-0.3, -0.25) is 4.90 Å². The van der Waals surface area contributed by atoms with Gasteiger partial charge in [-0.2, -0.15) is 0 Å². The number of aliphatic carboxylic acids is 1. The maximum atomic E-state index is 10.7. The Balaban J connectivity index is 0. The highest BCUT2D eigenvalue weighted by atomic mass is 16.5. The van der Waals surface area contributed by atoms with Gasteiger partial charge in [0, 0.05) is 11.1 Å². The highest BCUT2D eigenvalue weighted by molar-refractivity contribution is 5.86. The number of hydrogen-bond donors (Lipinski definition) is 1. The van der Waals surface area contributed by atoms with Gasteiger partial charge in [-0.25, -0.2) is 9.59 Å². The number of carbonyl (C=O) groups is 2. The number of esters is 1. The van der Waals surface area contributed by atoms with Crippen LogP contribution in [0.1, 0.15) is 20.3 Å². The Hall–Kier alpha value is -1.62. The Morgan fingerprint density at radius 1 is 1.29 bits per heavy atom. The van der Waals surface area contributed by atoms with Crippen LogP contribution >= 0.6 is 0 Å². The molecule has 0 saturated carbocycles. The summed E-state index contributed by atoms with van der Waals surface area (Å²) < 4.78 is 4.75. The average Bonchev–Trinajstić information content (AvgIpc) is 2.24. The second kappa shape index (κ2) is 9.59. The Labute approximate surface area is 102 Å². The Morgan fingerprint density at radius 2 is 1.76 bits per heavy atom. The van der Waals surface area contributed by atoms with Crippen LogP contribution in [0.25, 0.3) is 0 Å². The molecule has 0 heterocycles. The first-order valence-electron chi connectivity index (χ1n) is 5.10. The van der Waals surface area contributed by atoms with Crippen molar-refractivity contribution >= 4 is 11.9 Å². The minimum atomic E-state index is -0.900. The van der Waals surface area contributed by atoms with Gasteiger partial charge in [0.2, 0.25) is 0 Å². The van der Waals surface area contributed by atoms with Crippen molar-refractivity contribution in [3.05, 3.63) is 24.3 Å². The van der Waals surface area contributed by atoms with E-state index < -0.39 is 5.97 Å². The maximum Gasteiger partial charge on any atom is 0.334 e. The van der Waals surface area contributed by atoms with Crippen LogP contribution in [0, 0.1) is 0 Å². The molecule has 0 unspecified atom stereocenters. The lowest BCUT2D eigenvalue weighted by atomic mass is 10.2. The molecule has 98 valence electrons. The number of carboxylic acid groups (broad SMARTS) is 1. The molecule has 0 aromatic heterocycles. The fourth-order valence-corrected chi connectivity index (χ4v) is 0.462. The van der Waals surface area contributed by atoms with Crippen molar-refractivity contribution in [2.45, 2.75) is 20.3 Å². The number of hydrogen-bond acceptors (Lipinski definition) is 4. The predicted octanol–water partition coefficient (Wildman–Crippen LogP) is 1.66. The normalized spacial score (nSPS) is 9.00. The fourth-order valence-electron chi connectivity index (χ4n) is 0.462. The first-order chi connectivity index (χ1) is 7.72. The minimum absolute atomic E-state index is 0.264. The highest BCUT2D eigenvalue weighted by Crippen LogP contribution is 1.93. The summed E-state index contributed by atoms with van der Waals surface area (Å²) in [6.07, 6.45) is 0.523. The lowest BCUT2D eigenvalue weighted by Crippen LogP contribution is -2.19. The lowest BCUT2D eigenvalue weighted by Gasteiger charge is -2.09. The van der Waals surface area contributed by atoms with Gasteiger partial charge in [-0.15, -0.1) is 0 Å². The van der Waals surface area contributed by atoms with E-state index >= 15 is 0 Å². The van der Waals surface area contributed by atoms with Crippen molar-refractivity contribution in [2.24, 2.45) is 0 Å². The summed E-state index contributed by atoms with van der Waals surface area (Å²) in [4.78, 5) is 22.3.